The number of amides is 2. The first-order chi connectivity index (χ1) is 9.47. The fourth-order valence-corrected chi connectivity index (χ4v) is 1.67. The molecule has 6 nitrogen and oxygen atoms in total. The van der Waals surface area contributed by atoms with Crippen LogP contribution < -0.4 is 15.4 Å². The van der Waals surface area contributed by atoms with Gasteiger partial charge in [-0.05, 0) is 30.2 Å². The zero-order chi connectivity index (χ0) is 15.1. The Bertz CT molecular complexity index is 459. The number of ether oxygens (including phenoxy) is 1. The number of hydrogen-bond donors (Lipinski definition) is 3. The van der Waals surface area contributed by atoms with Crippen molar-refractivity contribution in [1.29, 1.82) is 0 Å². The van der Waals surface area contributed by atoms with Gasteiger partial charge in [0.05, 0.1) is 7.11 Å². The molecule has 20 heavy (non-hydrogen) atoms. The lowest BCUT2D eigenvalue weighted by Gasteiger charge is -2.20. The van der Waals surface area contributed by atoms with Gasteiger partial charge in [-0.3, -0.25) is 0 Å². The third kappa shape index (κ3) is 4.46. The fourth-order valence-electron chi connectivity index (χ4n) is 1.67. The van der Waals surface area contributed by atoms with Crippen molar-refractivity contribution in [3.63, 3.8) is 0 Å². The van der Waals surface area contributed by atoms with Crippen LogP contribution in [0.3, 0.4) is 0 Å². The second-order valence-electron chi connectivity index (χ2n) is 4.53. The molecule has 0 saturated carbocycles. The third-order valence-electron chi connectivity index (χ3n) is 3.11. The Labute approximate surface area is 118 Å². The molecule has 0 aliphatic carbocycles. The van der Waals surface area contributed by atoms with Crippen molar-refractivity contribution in [2.24, 2.45) is 5.92 Å². The normalized spacial score (nSPS) is 13.2. The van der Waals surface area contributed by atoms with Gasteiger partial charge in [-0.25, -0.2) is 9.59 Å². The van der Waals surface area contributed by atoms with Gasteiger partial charge in [0.15, 0.2) is 0 Å². The Morgan fingerprint density at radius 1 is 1.30 bits per heavy atom. The van der Waals surface area contributed by atoms with Crippen molar-refractivity contribution in [1.82, 2.24) is 5.32 Å². The van der Waals surface area contributed by atoms with Crippen molar-refractivity contribution < 1.29 is 19.4 Å². The molecule has 2 unspecified atom stereocenters. The van der Waals surface area contributed by atoms with Gasteiger partial charge in [-0.15, -0.1) is 0 Å². The van der Waals surface area contributed by atoms with Crippen molar-refractivity contribution in [3.05, 3.63) is 24.3 Å². The van der Waals surface area contributed by atoms with Crippen LogP contribution >= 0.6 is 0 Å². The first kappa shape index (κ1) is 15.8. The van der Waals surface area contributed by atoms with Gasteiger partial charge < -0.3 is 20.5 Å². The van der Waals surface area contributed by atoms with Crippen LogP contribution in [0.5, 0.6) is 5.75 Å². The van der Waals surface area contributed by atoms with Gasteiger partial charge in [0, 0.05) is 5.69 Å². The SMILES string of the molecule is CCC(C)C(NC(=O)Nc1ccc(OC)cc1)C(=O)O. The molecule has 2 amide bonds. The number of benzene rings is 1. The molecule has 1 aromatic rings. The summed E-state index contributed by atoms with van der Waals surface area (Å²) in [6, 6.07) is 5.33. The monoisotopic (exact) mass is 280 g/mol. The van der Waals surface area contributed by atoms with E-state index in [1.807, 2.05) is 6.92 Å². The molecule has 0 saturated heterocycles. The van der Waals surface area contributed by atoms with E-state index in [4.69, 9.17) is 9.84 Å². The summed E-state index contributed by atoms with van der Waals surface area (Å²) in [6.07, 6.45) is 0.666. The summed E-state index contributed by atoms with van der Waals surface area (Å²) in [7, 11) is 1.55. The van der Waals surface area contributed by atoms with E-state index < -0.39 is 18.0 Å². The standard InChI is InChI=1S/C14H20N2O4/c1-4-9(2)12(13(17)18)16-14(19)15-10-5-7-11(20-3)8-6-10/h5-9,12H,4H2,1-3H3,(H,17,18)(H2,15,16,19). The third-order valence-corrected chi connectivity index (χ3v) is 3.11. The van der Waals surface area contributed by atoms with E-state index in [0.717, 1.165) is 0 Å². The van der Waals surface area contributed by atoms with Gasteiger partial charge in [0.2, 0.25) is 0 Å². The largest absolute Gasteiger partial charge is 0.497 e. The average Bonchev–Trinajstić information content (AvgIpc) is 2.44. The van der Waals surface area contributed by atoms with E-state index in [1.54, 1.807) is 38.3 Å². The lowest BCUT2D eigenvalue weighted by atomic mass is 9.99. The predicted octanol–water partition coefficient (Wildman–Crippen LogP) is 2.32. The van der Waals surface area contributed by atoms with E-state index in [2.05, 4.69) is 10.6 Å². The second kappa shape index (κ2) is 7.37. The Hall–Kier alpha value is -2.24. The molecular formula is C14H20N2O4. The molecule has 0 aliphatic heterocycles. The number of rotatable bonds is 6. The van der Waals surface area contributed by atoms with Crippen molar-refractivity contribution in [3.8, 4) is 5.75 Å². The van der Waals surface area contributed by atoms with Crippen LogP contribution in [0.1, 0.15) is 20.3 Å². The lowest BCUT2D eigenvalue weighted by molar-refractivity contribution is -0.140. The minimum absolute atomic E-state index is 0.144. The molecule has 110 valence electrons. The minimum atomic E-state index is -1.04. The summed E-state index contributed by atoms with van der Waals surface area (Å²) >= 11 is 0. The molecule has 6 heteroatoms. The number of methoxy groups -OCH3 is 1. The van der Waals surface area contributed by atoms with E-state index in [9.17, 15) is 9.59 Å². The molecule has 2 atom stereocenters. The average molecular weight is 280 g/mol. The van der Waals surface area contributed by atoms with Gasteiger partial charge in [-0.2, -0.15) is 0 Å². The molecule has 1 rings (SSSR count). The molecule has 0 aromatic heterocycles. The Balaban J connectivity index is 2.63. The molecule has 0 bridgehead atoms. The number of anilines is 1. The fraction of sp³-hybridized carbons (Fsp3) is 0.429. The molecule has 3 N–H and O–H groups in total. The van der Waals surface area contributed by atoms with Crippen LogP contribution in [0.25, 0.3) is 0 Å². The summed E-state index contributed by atoms with van der Waals surface area (Å²) < 4.78 is 5.01. The quantitative estimate of drug-likeness (QED) is 0.746. The van der Waals surface area contributed by atoms with Crippen LogP contribution in [0, 0.1) is 5.92 Å². The molecule has 0 aliphatic rings. The summed E-state index contributed by atoms with van der Waals surface area (Å²) in [5, 5.41) is 14.2. The number of carboxylic acid groups (broad SMARTS) is 1. The van der Waals surface area contributed by atoms with E-state index in [1.165, 1.54) is 0 Å². The Kier molecular flexibility index (Phi) is 5.83. The van der Waals surface area contributed by atoms with E-state index in [-0.39, 0.29) is 5.92 Å². The zero-order valence-electron chi connectivity index (χ0n) is 11.8. The van der Waals surface area contributed by atoms with Gasteiger partial charge in [0.1, 0.15) is 11.8 Å². The lowest BCUT2D eigenvalue weighted by Crippen LogP contribution is -2.46. The molecule has 1 aromatic carbocycles. The molecule has 0 spiro atoms. The molecular weight excluding hydrogens is 260 g/mol. The summed E-state index contributed by atoms with van der Waals surface area (Å²) in [4.78, 5) is 22.9. The van der Waals surface area contributed by atoms with Crippen LogP contribution in [-0.4, -0.2) is 30.3 Å². The maximum atomic E-state index is 11.8. The minimum Gasteiger partial charge on any atom is -0.497 e. The molecule has 0 heterocycles. The number of carboxylic acids is 1. The summed E-state index contributed by atoms with van der Waals surface area (Å²) in [6.45, 7) is 3.66. The zero-order valence-corrected chi connectivity index (χ0v) is 11.8. The maximum Gasteiger partial charge on any atom is 0.326 e. The van der Waals surface area contributed by atoms with Crippen LogP contribution in [-0.2, 0) is 4.79 Å². The van der Waals surface area contributed by atoms with Crippen LogP contribution in [0.15, 0.2) is 24.3 Å². The summed E-state index contributed by atoms with van der Waals surface area (Å²) in [5.41, 5.74) is 0.566. The second-order valence-corrected chi connectivity index (χ2v) is 4.53. The van der Waals surface area contributed by atoms with Gasteiger partial charge >= 0.3 is 12.0 Å². The topological polar surface area (TPSA) is 87.7 Å². The van der Waals surface area contributed by atoms with Crippen molar-refractivity contribution >= 4 is 17.7 Å². The number of hydrogen-bond acceptors (Lipinski definition) is 3. The first-order valence-electron chi connectivity index (χ1n) is 6.42. The Morgan fingerprint density at radius 3 is 2.35 bits per heavy atom. The highest BCUT2D eigenvalue weighted by molar-refractivity contribution is 5.92. The van der Waals surface area contributed by atoms with E-state index >= 15 is 0 Å². The number of aliphatic carboxylic acids is 1. The van der Waals surface area contributed by atoms with Gasteiger partial charge in [0.25, 0.3) is 0 Å². The highest BCUT2D eigenvalue weighted by atomic mass is 16.5. The highest BCUT2D eigenvalue weighted by Gasteiger charge is 2.25. The van der Waals surface area contributed by atoms with Crippen molar-refractivity contribution in [2.45, 2.75) is 26.3 Å². The highest BCUT2D eigenvalue weighted by Crippen LogP contribution is 2.15. The molecule has 0 radical (unpaired) electrons. The van der Waals surface area contributed by atoms with Crippen LogP contribution in [0.4, 0.5) is 10.5 Å². The smallest absolute Gasteiger partial charge is 0.326 e. The Morgan fingerprint density at radius 2 is 1.90 bits per heavy atom. The van der Waals surface area contributed by atoms with Crippen LogP contribution in [0.2, 0.25) is 0 Å². The maximum absolute atomic E-state index is 11.8. The predicted molar refractivity (Wildman–Crippen MR) is 76.0 cm³/mol. The number of carbonyl (C=O) groups is 2. The van der Waals surface area contributed by atoms with E-state index in [0.29, 0.717) is 17.9 Å². The molecule has 0 fully saturated rings. The number of carbonyl (C=O) groups excluding carboxylic acids is 1. The van der Waals surface area contributed by atoms with Gasteiger partial charge in [-0.1, -0.05) is 20.3 Å². The first-order valence-corrected chi connectivity index (χ1v) is 6.42. The summed E-state index contributed by atoms with van der Waals surface area (Å²) in [5.74, 6) is -0.502. The number of urea groups is 1. The van der Waals surface area contributed by atoms with Crippen molar-refractivity contribution in [2.75, 3.05) is 12.4 Å². The number of nitrogens with one attached hydrogen (secondary N) is 2.